The van der Waals surface area contributed by atoms with Gasteiger partial charge in [-0.1, -0.05) is 0 Å². The van der Waals surface area contributed by atoms with Gasteiger partial charge in [0.25, 0.3) is 0 Å². The van der Waals surface area contributed by atoms with E-state index < -0.39 is 0 Å². The van der Waals surface area contributed by atoms with Crippen LogP contribution in [0, 0.1) is 46.8 Å². The zero-order chi connectivity index (χ0) is 13.1. The van der Waals surface area contributed by atoms with Crippen molar-refractivity contribution in [3.63, 3.8) is 0 Å². The van der Waals surface area contributed by atoms with E-state index in [-0.39, 0.29) is 22.4 Å². The lowest BCUT2D eigenvalue weighted by Gasteiger charge is -2.68. The summed E-state index contributed by atoms with van der Waals surface area (Å²) >= 11 is 4.82. The summed E-state index contributed by atoms with van der Waals surface area (Å²) in [6.45, 7) is 0. The number of ether oxygens (including phenoxy) is 1. The van der Waals surface area contributed by atoms with Crippen LogP contribution in [-0.2, 0) is 9.53 Å². The average Bonchev–Trinajstić information content (AvgIpc) is 2.84. The lowest BCUT2D eigenvalue weighted by molar-refractivity contribution is -0.246. The first-order valence-corrected chi connectivity index (χ1v) is 7.26. The predicted octanol–water partition coefficient (Wildman–Crippen LogP) is 0.107. The van der Waals surface area contributed by atoms with E-state index in [1.54, 1.807) is 0 Å². The highest BCUT2D eigenvalue weighted by Crippen LogP contribution is 2.92. The van der Waals surface area contributed by atoms with Crippen LogP contribution in [0.15, 0.2) is 5.10 Å². The van der Waals surface area contributed by atoms with E-state index in [1.165, 1.54) is 13.5 Å². The van der Waals surface area contributed by atoms with Crippen molar-refractivity contribution in [2.75, 3.05) is 7.11 Å². The third kappa shape index (κ3) is 0.759. The summed E-state index contributed by atoms with van der Waals surface area (Å²) in [5.74, 6) is 4.01. The number of hydrogen-bond acceptors (Lipinski definition) is 4. The highest BCUT2D eigenvalue weighted by atomic mass is 32.1. The Labute approximate surface area is 115 Å². The Morgan fingerprint density at radius 3 is 3.05 bits per heavy atom. The molecule has 6 heteroatoms. The molecule has 0 amide bonds. The molecule has 8 unspecified atom stereocenters. The van der Waals surface area contributed by atoms with E-state index in [2.05, 4.69) is 10.5 Å². The van der Waals surface area contributed by atoms with Crippen LogP contribution in [0.3, 0.4) is 0 Å². The number of carbonyl (C=O) groups is 1. The summed E-state index contributed by atoms with van der Waals surface area (Å²) in [6, 6.07) is 0. The number of carbonyl (C=O) groups excluding carboxylic acids is 1. The van der Waals surface area contributed by atoms with Crippen LogP contribution < -0.4 is 11.2 Å². The van der Waals surface area contributed by atoms with Crippen molar-refractivity contribution in [2.24, 2.45) is 57.7 Å². The minimum atomic E-state index is -0.236. The number of nitrogens with one attached hydrogen (secondary N) is 1. The number of methoxy groups -OCH3 is 1. The lowest BCUT2D eigenvalue weighted by Crippen LogP contribution is -2.70. The van der Waals surface area contributed by atoms with Crippen molar-refractivity contribution in [3.05, 3.63) is 0 Å². The number of nitrogens with zero attached hydrogens (tertiary/aromatic N) is 1. The number of hydrogen-bond donors (Lipinski definition) is 2. The first kappa shape index (κ1) is 10.6. The quantitative estimate of drug-likeness (QED) is 0.425. The molecule has 6 rings (SSSR count). The Morgan fingerprint density at radius 2 is 2.37 bits per heavy atom. The van der Waals surface area contributed by atoms with E-state index in [9.17, 15) is 4.79 Å². The molecule has 0 aliphatic heterocycles. The summed E-state index contributed by atoms with van der Waals surface area (Å²) in [6.07, 6.45) is 1.19. The van der Waals surface area contributed by atoms with Crippen LogP contribution in [0.5, 0.6) is 0 Å². The van der Waals surface area contributed by atoms with E-state index in [0.29, 0.717) is 23.7 Å². The fraction of sp³-hybridized carbons (Fsp3) is 0.769. The van der Waals surface area contributed by atoms with Gasteiger partial charge in [0.15, 0.2) is 5.11 Å². The molecule has 0 aromatic heterocycles. The number of nitrogens with two attached hydrogens (primary N) is 1. The van der Waals surface area contributed by atoms with Crippen molar-refractivity contribution in [2.45, 2.75) is 6.42 Å². The summed E-state index contributed by atoms with van der Waals surface area (Å²) in [7, 11) is 1.51. The molecule has 3 N–H and O–H groups in total. The van der Waals surface area contributed by atoms with Gasteiger partial charge in [0.1, 0.15) is 0 Å². The molecule has 0 heterocycles. The smallest absolute Gasteiger partial charge is 0.313 e. The molecule has 0 saturated heterocycles. The Bertz CT molecular complexity index is 576. The highest BCUT2D eigenvalue weighted by Gasteiger charge is 2.95. The Hall–Kier alpha value is -1.17. The van der Waals surface area contributed by atoms with Gasteiger partial charge in [0, 0.05) is 17.5 Å². The average molecular weight is 277 g/mol. The number of hydrazone groups is 1. The van der Waals surface area contributed by atoms with Gasteiger partial charge in [-0.25, -0.2) is 0 Å². The molecule has 6 saturated carbocycles. The second-order valence-electron chi connectivity index (χ2n) is 6.63. The van der Waals surface area contributed by atoms with Crippen LogP contribution in [0.2, 0.25) is 0 Å². The lowest BCUT2D eigenvalue weighted by atomic mass is 9.34. The number of thiocarbonyl (C=S) groups is 1. The maximum atomic E-state index is 12.4. The standard InChI is InChI=1S/C13H15N3O2S/c1-18-11(17)13-4-2-3-5-6(4)9(13)7(5)10(8(3)13)15-16-12(14)19/h3-9H,2H2,1H3,(H3,14,16,19). The minimum Gasteiger partial charge on any atom is -0.469 e. The normalized spacial score (nSPS) is 59.0. The maximum Gasteiger partial charge on any atom is 0.313 e. The third-order valence-corrected chi connectivity index (χ3v) is 6.84. The van der Waals surface area contributed by atoms with E-state index in [0.717, 1.165) is 17.5 Å². The van der Waals surface area contributed by atoms with Crippen molar-refractivity contribution in [3.8, 4) is 0 Å². The van der Waals surface area contributed by atoms with Crippen LogP contribution in [0.4, 0.5) is 0 Å². The van der Waals surface area contributed by atoms with Gasteiger partial charge in [-0.3, -0.25) is 10.2 Å². The first-order chi connectivity index (χ1) is 9.14. The monoisotopic (exact) mass is 277 g/mol. The molecule has 6 aliphatic carbocycles. The summed E-state index contributed by atoms with van der Waals surface area (Å²) in [4.78, 5) is 12.4. The number of esters is 1. The first-order valence-electron chi connectivity index (χ1n) is 6.85. The molecule has 5 nitrogen and oxygen atoms in total. The molecule has 4 bridgehead atoms. The van der Waals surface area contributed by atoms with Crippen LogP contribution in [-0.4, -0.2) is 23.9 Å². The van der Waals surface area contributed by atoms with E-state index in [1.807, 2.05) is 0 Å². The third-order valence-electron chi connectivity index (χ3n) is 6.75. The number of rotatable bonds is 2. The van der Waals surface area contributed by atoms with E-state index >= 15 is 0 Å². The van der Waals surface area contributed by atoms with Gasteiger partial charge >= 0.3 is 5.97 Å². The molecule has 0 radical (unpaired) electrons. The molecular formula is C13H15N3O2S. The summed E-state index contributed by atoms with van der Waals surface area (Å²) in [5, 5.41) is 4.63. The van der Waals surface area contributed by atoms with Crippen molar-refractivity contribution in [1.82, 2.24) is 5.43 Å². The molecule has 0 aromatic carbocycles. The summed E-state index contributed by atoms with van der Waals surface area (Å²) < 4.78 is 5.13. The van der Waals surface area contributed by atoms with Gasteiger partial charge in [0.05, 0.1) is 12.5 Å². The molecule has 8 atom stereocenters. The fourth-order valence-corrected chi connectivity index (χ4v) is 6.85. The maximum absolute atomic E-state index is 12.4. The van der Waals surface area contributed by atoms with Crippen LogP contribution >= 0.6 is 12.2 Å². The van der Waals surface area contributed by atoms with Gasteiger partial charge in [-0.05, 0) is 48.2 Å². The topological polar surface area (TPSA) is 76.7 Å². The predicted molar refractivity (Wildman–Crippen MR) is 70.9 cm³/mol. The zero-order valence-electron chi connectivity index (χ0n) is 10.5. The molecule has 19 heavy (non-hydrogen) atoms. The molecule has 100 valence electrons. The molecule has 0 aromatic rings. The Kier molecular flexibility index (Phi) is 1.56. The largest absolute Gasteiger partial charge is 0.469 e. The molecule has 0 spiro atoms. The fourth-order valence-electron chi connectivity index (χ4n) is 6.81. The Morgan fingerprint density at radius 1 is 1.58 bits per heavy atom. The zero-order valence-corrected chi connectivity index (χ0v) is 11.3. The SMILES string of the molecule is COC(=O)C12C3CC4C5C(C(=NNC(N)=S)C41)C2C53. The second-order valence-corrected chi connectivity index (χ2v) is 7.07. The van der Waals surface area contributed by atoms with Crippen molar-refractivity contribution in [1.29, 1.82) is 0 Å². The minimum absolute atomic E-state index is 0.00470. The highest BCUT2D eigenvalue weighted by molar-refractivity contribution is 7.80. The Balaban J connectivity index is 1.61. The van der Waals surface area contributed by atoms with Crippen LogP contribution in [0.1, 0.15) is 6.42 Å². The van der Waals surface area contributed by atoms with Gasteiger partial charge in [-0.15, -0.1) is 0 Å². The second kappa shape index (κ2) is 2.80. The summed E-state index contributed by atoms with van der Waals surface area (Å²) in [5.41, 5.74) is 9.10. The molecular weight excluding hydrogens is 262 g/mol. The van der Waals surface area contributed by atoms with E-state index in [4.69, 9.17) is 22.7 Å². The van der Waals surface area contributed by atoms with Gasteiger partial charge in [0.2, 0.25) is 0 Å². The van der Waals surface area contributed by atoms with Crippen molar-refractivity contribution >= 4 is 29.0 Å². The van der Waals surface area contributed by atoms with Crippen molar-refractivity contribution < 1.29 is 9.53 Å². The van der Waals surface area contributed by atoms with Crippen LogP contribution in [0.25, 0.3) is 0 Å². The molecule has 6 fully saturated rings. The molecule has 6 aliphatic rings. The van der Waals surface area contributed by atoms with Gasteiger partial charge in [-0.2, -0.15) is 5.10 Å². The van der Waals surface area contributed by atoms with Gasteiger partial charge < -0.3 is 10.5 Å².